The summed E-state index contributed by atoms with van der Waals surface area (Å²) in [5, 5.41) is 2.18. The van der Waals surface area contributed by atoms with Crippen molar-refractivity contribution in [2.45, 2.75) is 20.0 Å². The molecule has 0 saturated carbocycles. The summed E-state index contributed by atoms with van der Waals surface area (Å²) in [4.78, 5) is 11.7. The van der Waals surface area contributed by atoms with E-state index in [1.54, 1.807) is 6.07 Å². The Bertz CT molecular complexity index is 515. The SMILES string of the molecule is CC(C)OC(=O)c1ccc2ccccc2c1. The standard InChI is InChI=1S/C14H14O2/c1-10(2)16-14(15)13-8-7-11-5-3-4-6-12(11)9-13/h3-10H,1-2H3. The predicted molar refractivity (Wildman–Crippen MR) is 64.5 cm³/mol. The summed E-state index contributed by atoms with van der Waals surface area (Å²) in [5.41, 5.74) is 0.604. The summed E-state index contributed by atoms with van der Waals surface area (Å²) in [7, 11) is 0. The van der Waals surface area contributed by atoms with Crippen LogP contribution >= 0.6 is 0 Å². The van der Waals surface area contributed by atoms with Gasteiger partial charge in [0.1, 0.15) is 0 Å². The summed E-state index contributed by atoms with van der Waals surface area (Å²) >= 11 is 0. The van der Waals surface area contributed by atoms with Crippen molar-refractivity contribution in [3.63, 3.8) is 0 Å². The van der Waals surface area contributed by atoms with E-state index in [2.05, 4.69) is 0 Å². The van der Waals surface area contributed by atoms with Crippen LogP contribution in [0.5, 0.6) is 0 Å². The zero-order valence-electron chi connectivity index (χ0n) is 9.44. The van der Waals surface area contributed by atoms with Gasteiger partial charge >= 0.3 is 5.97 Å². The Balaban J connectivity index is 2.35. The van der Waals surface area contributed by atoms with Gasteiger partial charge in [-0.15, -0.1) is 0 Å². The third kappa shape index (κ3) is 2.22. The minimum atomic E-state index is -0.263. The number of fused-ring (bicyclic) bond motifs is 1. The molecule has 0 amide bonds. The quantitative estimate of drug-likeness (QED) is 0.716. The summed E-state index contributed by atoms with van der Waals surface area (Å²) in [6.45, 7) is 3.69. The van der Waals surface area contributed by atoms with Crippen LogP contribution < -0.4 is 0 Å². The van der Waals surface area contributed by atoms with Crippen molar-refractivity contribution < 1.29 is 9.53 Å². The van der Waals surface area contributed by atoms with Crippen molar-refractivity contribution in [2.24, 2.45) is 0 Å². The van der Waals surface area contributed by atoms with Crippen LogP contribution in [0.3, 0.4) is 0 Å². The molecule has 0 heterocycles. The van der Waals surface area contributed by atoms with Gasteiger partial charge in [-0.3, -0.25) is 0 Å². The first kappa shape index (κ1) is 10.7. The molecule has 0 bridgehead atoms. The van der Waals surface area contributed by atoms with E-state index < -0.39 is 0 Å². The monoisotopic (exact) mass is 214 g/mol. The zero-order chi connectivity index (χ0) is 11.5. The lowest BCUT2D eigenvalue weighted by molar-refractivity contribution is 0.0378. The number of ether oxygens (including phenoxy) is 1. The third-order valence-corrected chi connectivity index (χ3v) is 2.33. The second-order valence-corrected chi connectivity index (χ2v) is 4.02. The highest BCUT2D eigenvalue weighted by atomic mass is 16.5. The molecule has 16 heavy (non-hydrogen) atoms. The lowest BCUT2D eigenvalue weighted by atomic mass is 10.1. The molecule has 2 nitrogen and oxygen atoms in total. The van der Waals surface area contributed by atoms with Crippen molar-refractivity contribution in [3.8, 4) is 0 Å². The number of carbonyl (C=O) groups is 1. The molecule has 0 fully saturated rings. The van der Waals surface area contributed by atoms with Crippen molar-refractivity contribution in [2.75, 3.05) is 0 Å². The van der Waals surface area contributed by atoms with Crippen LogP contribution in [-0.2, 0) is 4.74 Å². The summed E-state index contributed by atoms with van der Waals surface area (Å²) in [6, 6.07) is 13.5. The minimum absolute atomic E-state index is 0.0843. The van der Waals surface area contributed by atoms with Gasteiger partial charge in [-0.1, -0.05) is 30.3 Å². The van der Waals surface area contributed by atoms with E-state index in [1.807, 2.05) is 50.2 Å². The molecule has 0 saturated heterocycles. The maximum absolute atomic E-state index is 11.7. The largest absolute Gasteiger partial charge is 0.459 e. The Kier molecular flexibility index (Phi) is 2.91. The van der Waals surface area contributed by atoms with Crippen LogP contribution in [0, 0.1) is 0 Å². The molecule has 0 spiro atoms. The smallest absolute Gasteiger partial charge is 0.338 e. The third-order valence-electron chi connectivity index (χ3n) is 2.33. The lowest BCUT2D eigenvalue weighted by Crippen LogP contribution is -2.11. The van der Waals surface area contributed by atoms with E-state index in [0.29, 0.717) is 5.56 Å². The highest BCUT2D eigenvalue weighted by Gasteiger charge is 2.09. The fraction of sp³-hybridized carbons (Fsp3) is 0.214. The van der Waals surface area contributed by atoms with Crippen molar-refractivity contribution >= 4 is 16.7 Å². The highest BCUT2D eigenvalue weighted by Crippen LogP contribution is 2.16. The summed E-state index contributed by atoms with van der Waals surface area (Å²) in [6.07, 6.45) is -0.0843. The van der Waals surface area contributed by atoms with Crippen molar-refractivity contribution in [3.05, 3.63) is 48.0 Å². The van der Waals surface area contributed by atoms with Gasteiger partial charge < -0.3 is 4.74 Å². The average Bonchev–Trinajstić information content (AvgIpc) is 2.27. The molecule has 0 aliphatic heterocycles. The van der Waals surface area contributed by atoms with Gasteiger partial charge in [-0.05, 0) is 36.8 Å². The average molecular weight is 214 g/mol. The van der Waals surface area contributed by atoms with Crippen LogP contribution in [0.4, 0.5) is 0 Å². The first-order valence-electron chi connectivity index (χ1n) is 5.36. The van der Waals surface area contributed by atoms with Gasteiger partial charge in [-0.25, -0.2) is 4.79 Å². The molecule has 2 aromatic carbocycles. The van der Waals surface area contributed by atoms with Crippen molar-refractivity contribution in [1.29, 1.82) is 0 Å². The molecule has 2 rings (SSSR count). The molecule has 0 N–H and O–H groups in total. The highest BCUT2D eigenvalue weighted by molar-refractivity contribution is 5.95. The fourth-order valence-electron chi connectivity index (χ4n) is 1.60. The molecule has 2 aromatic rings. The van der Waals surface area contributed by atoms with E-state index in [9.17, 15) is 4.79 Å². The van der Waals surface area contributed by atoms with Gasteiger partial charge in [0.2, 0.25) is 0 Å². The Hall–Kier alpha value is -1.83. The first-order valence-corrected chi connectivity index (χ1v) is 5.36. The Morgan fingerprint density at radius 3 is 2.44 bits per heavy atom. The topological polar surface area (TPSA) is 26.3 Å². The molecular formula is C14H14O2. The molecule has 0 aromatic heterocycles. The maximum Gasteiger partial charge on any atom is 0.338 e. The molecule has 2 heteroatoms. The Labute approximate surface area is 94.8 Å². The molecular weight excluding hydrogens is 200 g/mol. The molecule has 0 unspecified atom stereocenters. The van der Waals surface area contributed by atoms with Crippen molar-refractivity contribution in [1.82, 2.24) is 0 Å². The molecule has 0 radical (unpaired) electrons. The maximum atomic E-state index is 11.7. The number of carbonyl (C=O) groups excluding carboxylic acids is 1. The number of rotatable bonds is 2. The van der Waals surface area contributed by atoms with Gasteiger partial charge in [0.25, 0.3) is 0 Å². The van der Waals surface area contributed by atoms with Gasteiger partial charge in [0.05, 0.1) is 11.7 Å². The second kappa shape index (κ2) is 4.35. The Morgan fingerprint density at radius 1 is 1.06 bits per heavy atom. The van der Waals surface area contributed by atoms with E-state index in [-0.39, 0.29) is 12.1 Å². The van der Waals surface area contributed by atoms with Gasteiger partial charge in [-0.2, -0.15) is 0 Å². The van der Waals surface area contributed by atoms with Crippen LogP contribution in [-0.4, -0.2) is 12.1 Å². The predicted octanol–water partition coefficient (Wildman–Crippen LogP) is 3.41. The first-order chi connectivity index (χ1) is 7.66. The number of esters is 1. The second-order valence-electron chi connectivity index (χ2n) is 4.02. The van der Waals surface area contributed by atoms with E-state index >= 15 is 0 Å². The minimum Gasteiger partial charge on any atom is -0.459 e. The van der Waals surface area contributed by atoms with Crippen LogP contribution in [0.1, 0.15) is 24.2 Å². The van der Waals surface area contributed by atoms with E-state index in [4.69, 9.17) is 4.74 Å². The van der Waals surface area contributed by atoms with E-state index in [0.717, 1.165) is 10.8 Å². The Morgan fingerprint density at radius 2 is 1.75 bits per heavy atom. The summed E-state index contributed by atoms with van der Waals surface area (Å²) in [5.74, 6) is -0.263. The van der Waals surface area contributed by atoms with Crippen LogP contribution in [0.2, 0.25) is 0 Å². The molecule has 0 aliphatic rings. The normalized spacial score (nSPS) is 10.7. The van der Waals surface area contributed by atoms with Crippen LogP contribution in [0.15, 0.2) is 42.5 Å². The molecule has 0 aliphatic carbocycles. The fourth-order valence-corrected chi connectivity index (χ4v) is 1.60. The summed E-state index contributed by atoms with van der Waals surface area (Å²) < 4.78 is 5.15. The van der Waals surface area contributed by atoms with Gasteiger partial charge in [0.15, 0.2) is 0 Å². The molecule has 82 valence electrons. The number of hydrogen-bond donors (Lipinski definition) is 0. The molecule has 0 atom stereocenters. The van der Waals surface area contributed by atoms with Crippen LogP contribution in [0.25, 0.3) is 10.8 Å². The zero-order valence-corrected chi connectivity index (χ0v) is 9.44. The lowest BCUT2D eigenvalue weighted by Gasteiger charge is -2.08. The number of hydrogen-bond acceptors (Lipinski definition) is 2. The van der Waals surface area contributed by atoms with E-state index in [1.165, 1.54) is 0 Å². The van der Waals surface area contributed by atoms with Gasteiger partial charge in [0, 0.05) is 0 Å². The number of benzene rings is 2.